The van der Waals surface area contributed by atoms with E-state index in [1.54, 1.807) is 17.0 Å². The number of carbonyl (C=O) groups excluding carboxylic acids is 1. The van der Waals surface area contributed by atoms with E-state index in [2.05, 4.69) is 11.4 Å². The molecule has 20 heavy (non-hydrogen) atoms. The Morgan fingerprint density at radius 1 is 1.40 bits per heavy atom. The molecule has 2 unspecified atom stereocenters. The first kappa shape index (κ1) is 14.4. The highest BCUT2D eigenvalue weighted by Crippen LogP contribution is 2.18. The number of nitriles is 1. The maximum atomic E-state index is 12.3. The van der Waals surface area contributed by atoms with Crippen LogP contribution in [0.15, 0.2) is 18.2 Å². The molecule has 0 bridgehead atoms. The Hall–Kier alpha value is -2.06. The van der Waals surface area contributed by atoms with Crippen LogP contribution in [0.1, 0.15) is 25.0 Å². The number of hydrogen-bond donors (Lipinski definition) is 1. The van der Waals surface area contributed by atoms with Gasteiger partial charge in [-0.2, -0.15) is 5.26 Å². The fraction of sp³-hybridized carbons (Fsp3) is 0.467. The summed E-state index contributed by atoms with van der Waals surface area (Å²) in [5.41, 5.74) is 2.15. The van der Waals surface area contributed by atoms with Crippen molar-refractivity contribution < 1.29 is 9.53 Å². The number of nitrogens with zero attached hydrogens (tertiary/aromatic N) is 2. The third kappa shape index (κ3) is 3.28. The Kier molecular flexibility index (Phi) is 4.26. The molecule has 2 atom stereocenters. The zero-order valence-corrected chi connectivity index (χ0v) is 12.0. The summed E-state index contributed by atoms with van der Waals surface area (Å²) in [5.74, 6) is 0. The lowest BCUT2D eigenvalue weighted by molar-refractivity contribution is -0.0530. The summed E-state index contributed by atoms with van der Waals surface area (Å²) < 4.78 is 5.61. The molecule has 0 aromatic heterocycles. The molecular weight excluding hydrogens is 254 g/mol. The van der Waals surface area contributed by atoms with Crippen molar-refractivity contribution in [3.8, 4) is 6.07 Å². The average Bonchev–Trinajstić information content (AvgIpc) is 2.40. The minimum Gasteiger partial charge on any atom is -0.372 e. The number of ether oxygens (including phenoxy) is 1. The van der Waals surface area contributed by atoms with Crippen LogP contribution in [0.25, 0.3) is 0 Å². The Morgan fingerprint density at radius 3 is 2.65 bits per heavy atom. The molecule has 5 nitrogen and oxygen atoms in total. The zero-order valence-electron chi connectivity index (χ0n) is 12.0. The number of carbonyl (C=O) groups is 1. The van der Waals surface area contributed by atoms with Gasteiger partial charge in [-0.15, -0.1) is 0 Å². The van der Waals surface area contributed by atoms with Crippen molar-refractivity contribution in [3.63, 3.8) is 0 Å². The highest BCUT2D eigenvalue weighted by atomic mass is 16.5. The molecule has 0 spiro atoms. The van der Waals surface area contributed by atoms with Crippen LogP contribution < -0.4 is 5.32 Å². The number of morpholine rings is 1. The first-order valence-electron chi connectivity index (χ1n) is 6.71. The summed E-state index contributed by atoms with van der Waals surface area (Å²) in [7, 11) is 0. The van der Waals surface area contributed by atoms with E-state index in [0.29, 0.717) is 24.3 Å². The Morgan fingerprint density at radius 2 is 2.05 bits per heavy atom. The van der Waals surface area contributed by atoms with Crippen LogP contribution in [0.5, 0.6) is 0 Å². The van der Waals surface area contributed by atoms with Gasteiger partial charge in [-0.05, 0) is 38.5 Å². The normalized spacial score (nSPS) is 22.2. The number of rotatable bonds is 1. The van der Waals surface area contributed by atoms with Gasteiger partial charge < -0.3 is 15.0 Å². The molecule has 0 radical (unpaired) electrons. The van der Waals surface area contributed by atoms with Crippen LogP contribution >= 0.6 is 0 Å². The van der Waals surface area contributed by atoms with E-state index in [4.69, 9.17) is 10.00 Å². The van der Waals surface area contributed by atoms with Crippen molar-refractivity contribution >= 4 is 11.7 Å². The fourth-order valence-electron chi connectivity index (χ4n) is 2.36. The lowest BCUT2D eigenvalue weighted by Crippen LogP contribution is -2.49. The van der Waals surface area contributed by atoms with E-state index in [1.807, 2.05) is 26.8 Å². The summed E-state index contributed by atoms with van der Waals surface area (Å²) in [6.07, 6.45) is 0.0760. The molecule has 1 aliphatic rings. The summed E-state index contributed by atoms with van der Waals surface area (Å²) in [6, 6.07) is 7.20. The van der Waals surface area contributed by atoms with Crippen molar-refractivity contribution in [3.05, 3.63) is 29.3 Å². The molecule has 2 amide bonds. The summed E-state index contributed by atoms with van der Waals surface area (Å²) in [6.45, 7) is 6.97. The monoisotopic (exact) mass is 273 g/mol. The van der Waals surface area contributed by atoms with Crippen molar-refractivity contribution in [1.82, 2.24) is 4.90 Å². The van der Waals surface area contributed by atoms with E-state index in [9.17, 15) is 4.79 Å². The smallest absolute Gasteiger partial charge is 0.322 e. The molecule has 1 aromatic rings. The molecule has 1 heterocycles. The maximum absolute atomic E-state index is 12.3. The zero-order chi connectivity index (χ0) is 14.7. The average molecular weight is 273 g/mol. The van der Waals surface area contributed by atoms with Crippen molar-refractivity contribution in [1.29, 1.82) is 5.26 Å². The highest BCUT2D eigenvalue weighted by molar-refractivity contribution is 5.90. The minimum atomic E-state index is -0.148. The molecule has 5 heteroatoms. The SMILES string of the molecule is Cc1ccc(C#N)cc1NC(=O)N1CC(C)OC(C)C1. The van der Waals surface area contributed by atoms with Gasteiger partial charge in [0, 0.05) is 18.8 Å². The number of amides is 2. The fourth-order valence-corrected chi connectivity index (χ4v) is 2.36. The Bertz CT molecular complexity index is 541. The third-order valence-corrected chi connectivity index (χ3v) is 3.32. The lowest BCUT2D eigenvalue weighted by atomic mass is 10.1. The van der Waals surface area contributed by atoms with Crippen molar-refractivity contribution in [2.24, 2.45) is 0 Å². The number of benzene rings is 1. The first-order chi connectivity index (χ1) is 9.49. The molecule has 1 aliphatic heterocycles. The van der Waals surface area contributed by atoms with Crippen LogP contribution in [-0.4, -0.2) is 36.2 Å². The van der Waals surface area contributed by atoms with Gasteiger partial charge in [-0.3, -0.25) is 0 Å². The van der Waals surface area contributed by atoms with E-state index in [1.165, 1.54) is 0 Å². The molecule has 0 aliphatic carbocycles. The summed E-state index contributed by atoms with van der Waals surface area (Å²) in [4.78, 5) is 14.0. The van der Waals surface area contributed by atoms with Gasteiger partial charge in [0.2, 0.25) is 0 Å². The summed E-state index contributed by atoms with van der Waals surface area (Å²) >= 11 is 0. The molecule has 1 aromatic carbocycles. The molecule has 1 saturated heterocycles. The highest BCUT2D eigenvalue weighted by Gasteiger charge is 2.26. The molecule has 2 rings (SSSR count). The van der Waals surface area contributed by atoms with Gasteiger partial charge in [-0.1, -0.05) is 6.07 Å². The molecule has 1 fully saturated rings. The Labute approximate surface area is 119 Å². The lowest BCUT2D eigenvalue weighted by Gasteiger charge is -2.35. The largest absolute Gasteiger partial charge is 0.372 e. The van der Waals surface area contributed by atoms with Gasteiger partial charge in [-0.25, -0.2) is 4.79 Å². The quantitative estimate of drug-likeness (QED) is 0.855. The standard InChI is InChI=1S/C15H19N3O2/c1-10-4-5-13(7-16)6-14(10)17-15(19)18-8-11(2)20-12(3)9-18/h4-6,11-12H,8-9H2,1-3H3,(H,17,19). The molecular formula is C15H19N3O2. The van der Waals surface area contributed by atoms with Crippen LogP contribution in [-0.2, 0) is 4.74 Å². The molecule has 0 saturated carbocycles. The van der Waals surface area contributed by atoms with E-state index in [0.717, 1.165) is 5.56 Å². The van der Waals surface area contributed by atoms with E-state index >= 15 is 0 Å². The number of urea groups is 1. The van der Waals surface area contributed by atoms with Gasteiger partial charge in [0.25, 0.3) is 0 Å². The number of nitrogens with one attached hydrogen (secondary N) is 1. The van der Waals surface area contributed by atoms with Crippen LogP contribution in [0.4, 0.5) is 10.5 Å². The summed E-state index contributed by atoms with van der Waals surface area (Å²) in [5, 5.41) is 11.8. The number of anilines is 1. The topological polar surface area (TPSA) is 65.4 Å². The molecule has 106 valence electrons. The minimum absolute atomic E-state index is 0.0380. The Balaban J connectivity index is 2.10. The number of hydrogen-bond acceptors (Lipinski definition) is 3. The van der Waals surface area contributed by atoms with Crippen LogP contribution in [0, 0.1) is 18.3 Å². The van der Waals surface area contributed by atoms with Gasteiger partial charge in [0.1, 0.15) is 0 Å². The third-order valence-electron chi connectivity index (χ3n) is 3.32. The van der Waals surface area contributed by atoms with Crippen molar-refractivity contribution in [2.45, 2.75) is 33.0 Å². The van der Waals surface area contributed by atoms with Crippen molar-refractivity contribution in [2.75, 3.05) is 18.4 Å². The van der Waals surface area contributed by atoms with E-state index < -0.39 is 0 Å². The predicted molar refractivity (Wildman–Crippen MR) is 76.5 cm³/mol. The van der Waals surface area contributed by atoms with E-state index in [-0.39, 0.29) is 18.2 Å². The number of aryl methyl sites for hydroxylation is 1. The molecule has 1 N–H and O–H groups in total. The maximum Gasteiger partial charge on any atom is 0.322 e. The second-order valence-electron chi connectivity index (χ2n) is 5.23. The second kappa shape index (κ2) is 5.93. The van der Waals surface area contributed by atoms with Crippen LogP contribution in [0.2, 0.25) is 0 Å². The van der Waals surface area contributed by atoms with Gasteiger partial charge >= 0.3 is 6.03 Å². The van der Waals surface area contributed by atoms with Crippen LogP contribution in [0.3, 0.4) is 0 Å². The predicted octanol–water partition coefficient (Wildman–Crippen LogP) is 2.51. The second-order valence-corrected chi connectivity index (χ2v) is 5.23. The first-order valence-corrected chi connectivity index (χ1v) is 6.71. The van der Waals surface area contributed by atoms with Gasteiger partial charge in [0.15, 0.2) is 0 Å². The van der Waals surface area contributed by atoms with Gasteiger partial charge in [0.05, 0.1) is 23.8 Å².